The highest BCUT2D eigenvalue weighted by molar-refractivity contribution is 4.75. The van der Waals surface area contributed by atoms with Gasteiger partial charge in [-0.05, 0) is 32.7 Å². The molecule has 2 N–H and O–H groups in total. The van der Waals surface area contributed by atoms with Crippen molar-refractivity contribution in [3.8, 4) is 0 Å². The van der Waals surface area contributed by atoms with E-state index < -0.39 is 0 Å². The van der Waals surface area contributed by atoms with E-state index in [9.17, 15) is 0 Å². The molecule has 1 fully saturated rings. The fraction of sp³-hybridized carbons (Fsp3) is 1.00. The van der Waals surface area contributed by atoms with Crippen LogP contribution in [0, 0.1) is 0 Å². The SMILES string of the molecule is C[C@@H](O)C[C@H]1CCCN1. The summed E-state index contributed by atoms with van der Waals surface area (Å²) in [7, 11) is 0. The number of hydrogen-bond donors (Lipinski definition) is 2. The van der Waals surface area contributed by atoms with Crippen LogP contribution in [0.5, 0.6) is 0 Å². The smallest absolute Gasteiger partial charge is 0.0526 e. The summed E-state index contributed by atoms with van der Waals surface area (Å²) in [6.45, 7) is 2.98. The maximum atomic E-state index is 8.97. The van der Waals surface area contributed by atoms with E-state index in [2.05, 4.69) is 5.32 Å². The number of aliphatic hydroxyl groups excluding tert-OH is 1. The minimum atomic E-state index is -0.138. The quantitative estimate of drug-likeness (QED) is 0.569. The van der Waals surface area contributed by atoms with Gasteiger partial charge in [0.1, 0.15) is 0 Å². The highest BCUT2D eigenvalue weighted by atomic mass is 16.3. The second-order valence-electron chi connectivity index (χ2n) is 2.88. The number of rotatable bonds is 2. The molecule has 1 saturated heterocycles. The molecule has 54 valence electrons. The Hall–Kier alpha value is -0.0800. The third-order valence-corrected chi connectivity index (χ3v) is 1.79. The van der Waals surface area contributed by atoms with Gasteiger partial charge in [0.05, 0.1) is 6.10 Å². The van der Waals surface area contributed by atoms with E-state index in [0.717, 1.165) is 13.0 Å². The molecule has 0 saturated carbocycles. The van der Waals surface area contributed by atoms with Crippen molar-refractivity contribution < 1.29 is 5.11 Å². The predicted octanol–water partition coefficient (Wildman–Crippen LogP) is 0.509. The van der Waals surface area contributed by atoms with Gasteiger partial charge in [0.25, 0.3) is 0 Å². The first-order valence-corrected chi connectivity index (χ1v) is 3.70. The van der Waals surface area contributed by atoms with E-state index >= 15 is 0 Å². The van der Waals surface area contributed by atoms with Gasteiger partial charge in [0, 0.05) is 6.04 Å². The van der Waals surface area contributed by atoms with Crippen LogP contribution >= 0.6 is 0 Å². The molecule has 0 aromatic carbocycles. The van der Waals surface area contributed by atoms with Gasteiger partial charge in [-0.2, -0.15) is 0 Å². The van der Waals surface area contributed by atoms with Crippen LogP contribution in [-0.4, -0.2) is 23.8 Å². The molecule has 0 amide bonds. The maximum Gasteiger partial charge on any atom is 0.0526 e. The molecule has 1 aliphatic rings. The largest absolute Gasteiger partial charge is 0.393 e. The molecule has 0 spiro atoms. The van der Waals surface area contributed by atoms with Gasteiger partial charge in [0.15, 0.2) is 0 Å². The van der Waals surface area contributed by atoms with E-state index in [1.54, 1.807) is 0 Å². The van der Waals surface area contributed by atoms with Crippen molar-refractivity contribution in [3.63, 3.8) is 0 Å². The maximum absolute atomic E-state index is 8.97. The average Bonchev–Trinajstić information content (AvgIpc) is 2.15. The summed E-state index contributed by atoms with van der Waals surface area (Å²) in [6.07, 6.45) is 3.29. The standard InChI is InChI=1S/C7H15NO/c1-6(9)5-7-3-2-4-8-7/h6-9H,2-5H2,1H3/t6-,7-/m1/s1. The molecule has 0 aromatic heterocycles. The normalized spacial score (nSPS) is 30.7. The molecule has 9 heavy (non-hydrogen) atoms. The lowest BCUT2D eigenvalue weighted by Gasteiger charge is -2.10. The molecule has 2 atom stereocenters. The van der Waals surface area contributed by atoms with Crippen LogP contribution in [0.2, 0.25) is 0 Å². The molecular formula is C7H15NO. The van der Waals surface area contributed by atoms with E-state index in [1.807, 2.05) is 6.92 Å². The first-order chi connectivity index (χ1) is 4.29. The minimum absolute atomic E-state index is 0.138. The second-order valence-corrected chi connectivity index (χ2v) is 2.88. The lowest BCUT2D eigenvalue weighted by Crippen LogP contribution is -2.25. The molecule has 2 nitrogen and oxygen atoms in total. The topological polar surface area (TPSA) is 32.3 Å². The molecule has 0 aromatic rings. The lowest BCUT2D eigenvalue weighted by atomic mass is 10.1. The first kappa shape index (κ1) is 7.03. The van der Waals surface area contributed by atoms with Gasteiger partial charge < -0.3 is 10.4 Å². The third-order valence-electron chi connectivity index (χ3n) is 1.79. The molecule has 2 heteroatoms. The molecule has 1 rings (SSSR count). The van der Waals surface area contributed by atoms with Crippen molar-refractivity contribution in [1.82, 2.24) is 5.32 Å². The second kappa shape index (κ2) is 3.18. The van der Waals surface area contributed by atoms with Crippen molar-refractivity contribution >= 4 is 0 Å². The molecule has 0 bridgehead atoms. The summed E-state index contributed by atoms with van der Waals surface area (Å²) in [5.41, 5.74) is 0. The van der Waals surface area contributed by atoms with Crippen molar-refractivity contribution in [3.05, 3.63) is 0 Å². The molecular weight excluding hydrogens is 114 g/mol. The summed E-state index contributed by atoms with van der Waals surface area (Å²) in [5, 5.41) is 12.3. The molecule has 1 heterocycles. The predicted molar refractivity (Wildman–Crippen MR) is 37.3 cm³/mol. The monoisotopic (exact) mass is 129 g/mol. The Morgan fingerprint density at radius 1 is 1.78 bits per heavy atom. The van der Waals surface area contributed by atoms with Gasteiger partial charge in [-0.1, -0.05) is 0 Å². The fourth-order valence-electron chi connectivity index (χ4n) is 1.37. The van der Waals surface area contributed by atoms with Crippen molar-refractivity contribution in [1.29, 1.82) is 0 Å². The van der Waals surface area contributed by atoms with Gasteiger partial charge in [-0.15, -0.1) is 0 Å². The van der Waals surface area contributed by atoms with Crippen LogP contribution in [0.1, 0.15) is 26.2 Å². The molecule has 0 aliphatic carbocycles. The Bertz CT molecular complexity index is 77.0. The summed E-state index contributed by atoms with van der Waals surface area (Å²) in [5.74, 6) is 0. The third kappa shape index (κ3) is 2.33. The number of nitrogens with one attached hydrogen (secondary N) is 1. The summed E-state index contributed by atoms with van der Waals surface area (Å²) in [4.78, 5) is 0. The Labute approximate surface area is 56.3 Å². The van der Waals surface area contributed by atoms with E-state index in [-0.39, 0.29) is 6.10 Å². The van der Waals surface area contributed by atoms with Gasteiger partial charge >= 0.3 is 0 Å². The minimum Gasteiger partial charge on any atom is -0.393 e. The van der Waals surface area contributed by atoms with Crippen LogP contribution in [-0.2, 0) is 0 Å². The lowest BCUT2D eigenvalue weighted by molar-refractivity contribution is 0.171. The van der Waals surface area contributed by atoms with Crippen LogP contribution in [0.15, 0.2) is 0 Å². The van der Waals surface area contributed by atoms with Crippen LogP contribution < -0.4 is 5.32 Å². The molecule has 0 radical (unpaired) electrons. The van der Waals surface area contributed by atoms with Crippen LogP contribution in [0.4, 0.5) is 0 Å². The molecule has 0 unspecified atom stereocenters. The number of aliphatic hydroxyl groups is 1. The average molecular weight is 129 g/mol. The Kier molecular flexibility index (Phi) is 2.49. The summed E-state index contributed by atoms with van der Waals surface area (Å²) < 4.78 is 0. The Balaban J connectivity index is 2.11. The van der Waals surface area contributed by atoms with E-state index in [1.165, 1.54) is 12.8 Å². The van der Waals surface area contributed by atoms with E-state index in [4.69, 9.17) is 5.11 Å². The van der Waals surface area contributed by atoms with Crippen LogP contribution in [0.3, 0.4) is 0 Å². The Morgan fingerprint density at radius 3 is 3.00 bits per heavy atom. The fourth-order valence-corrected chi connectivity index (χ4v) is 1.37. The molecule has 1 aliphatic heterocycles. The highest BCUT2D eigenvalue weighted by Crippen LogP contribution is 2.09. The van der Waals surface area contributed by atoms with Crippen LogP contribution in [0.25, 0.3) is 0 Å². The zero-order valence-corrected chi connectivity index (χ0v) is 5.93. The Morgan fingerprint density at radius 2 is 2.56 bits per heavy atom. The summed E-state index contributed by atoms with van der Waals surface area (Å²) in [6, 6.07) is 0.588. The van der Waals surface area contributed by atoms with E-state index in [0.29, 0.717) is 6.04 Å². The zero-order chi connectivity index (χ0) is 6.69. The van der Waals surface area contributed by atoms with Crippen molar-refractivity contribution in [2.75, 3.05) is 6.54 Å². The van der Waals surface area contributed by atoms with Crippen molar-refractivity contribution in [2.24, 2.45) is 0 Å². The van der Waals surface area contributed by atoms with Gasteiger partial charge in [-0.25, -0.2) is 0 Å². The number of hydrogen-bond acceptors (Lipinski definition) is 2. The first-order valence-electron chi connectivity index (χ1n) is 3.70. The summed E-state index contributed by atoms with van der Waals surface area (Å²) >= 11 is 0. The van der Waals surface area contributed by atoms with Crippen molar-refractivity contribution in [2.45, 2.75) is 38.3 Å². The van der Waals surface area contributed by atoms with Gasteiger partial charge in [-0.3, -0.25) is 0 Å². The zero-order valence-electron chi connectivity index (χ0n) is 5.93. The highest BCUT2D eigenvalue weighted by Gasteiger charge is 2.14. The van der Waals surface area contributed by atoms with Gasteiger partial charge in [0.2, 0.25) is 0 Å².